The maximum atomic E-state index is 12.2. The van der Waals surface area contributed by atoms with E-state index in [2.05, 4.69) is 12.2 Å². The lowest BCUT2D eigenvalue weighted by Crippen LogP contribution is -2.40. The Morgan fingerprint density at radius 2 is 2.05 bits per heavy atom. The van der Waals surface area contributed by atoms with E-state index >= 15 is 0 Å². The molecule has 0 aromatic carbocycles. The van der Waals surface area contributed by atoms with Crippen molar-refractivity contribution < 1.29 is 14.7 Å². The molecule has 1 aliphatic carbocycles. The molecule has 0 aromatic heterocycles. The van der Waals surface area contributed by atoms with Crippen molar-refractivity contribution in [1.82, 2.24) is 10.2 Å². The Labute approximate surface area is 127 Å². The van der Waals surface area contributed by atoms with Crippen LogP contribution in [0.15, 0.2) is 0 Å². The molecule has 2 fully saturated rings. The first-order valence-corrected chi connectivity index (χ1v) is 8.22. The van der Waals surface area contributed by atoms with Gasteiger partial charge in [0, 0.05) is 25.6 Å². The van der Waals surface area contributed by atoms with E-state index in [1.54, 1.807) is 6.92 Å². The van der Waals surface area contributed by atoms with Gasteiger partial charge in [0.2, 0.25) is 11.8 Å². The van der Waals surface area contributed by atoms with Gasteiger partial charge in [-0.3, -0.25) is 9.59 Å². The highest BCUT2D eigenvalue weighted by Gasteiger charge is 2.38. The SMILES string of the molecule is CC(O)CCNC(=O)C1CC(=O)N(C2CCC(C)CC2)C1. The summed E-state index contributed by atoms with van der Waals surface area (Å²) in [5, 5.41) is 12.0. The van der Waals surface area contributed by atoms with Crippen LogP contribution in [-0.2, 0) is 9.59 Å². The predicted octanol–water partition coefficient (Wildman–Crippen LogP) is 1.30. The Kier molecular flexibility index (Phi) is 5.62. The number of aliphatic hydroxyl groups is 1. The van der Waals surface area contributed by atoms with E-state index in [-0.39, 0.29) is 17.7 Å². The van der Waals surface area contributed by atoms with Crippen LogP contribution in [0.4, 0.5) is 0 Å². The van der Waals surface area contributed by atoms with Crippen LogP contribution in [0.1, 0.15) is 52.4 Å². The lowest BCUT2D eigenvalue weighted by molar-refractivity contribution is -0.131. The summed E-state index contributed by atoms with van der Waals surface area (Å²) in [6.07, 6.45) is 4.99. The van der Waals surface area contributed by atoms with Crippen molar-refractivity contribution in [3.63, 3.8) is 0 Å². The molecule has 2 unspecified atom stereocenters. The number of carbonyl (C=O) groups excluding carboxylic acids is 2. The molecule has 0 bridgehead atoms. The second-order valence-electron chi connectivity index (χ2n) is 6.79. The highest BCUT2D eigenvalue weighted by atomic mass is 16.3. The molecule has 0 aromatic rings. The number of nitrogens with zero attached hydrogens (tertiary/aromatic N) is 1. The van der Waals surface area contributed by atoms with Gasteiger partial charge >= 0.3 is 0 Å². The number of rotatable bonds is 5. The third-order valence-corrected chi connectivity index (χ3v) is 4.82. The molecule has 120 valence electrons. The summed E-state index contributed by atoms with van der Waals surface area (Å²) in [5.74, 6) is 0.630. The van der Waals surface area contributed by atoms with E-state index in [0.29, 0.717) is 32.0 Å². The van der Waals surface area contributed by atoms with Gasteiger partial charge in [0.05, 0.1) is 12.0 Å². The van der Waals surface area contributed by atoms with Crippen molar-refractivity contribution in [3.8, 4) is 0 Å². The van der Waals surface area contributed by atoms with Crippen LogP contribution in [0.5, 0.6) is 0 Å². The molecule has 5 nitrogen and oxygen atoms in total. The van der Waals surface area contributed by atoms with Gasteiger partial charge in [-0.2, -0.15) is 0 Å². The van der Waals surface area contributed by atoms with Crippen molar-refractivity contribution in [3.05, 3.63) is 0 Å². The van der Waals surface area contributed by atoms with Gasteiger partial charge in [-0.15, -0.1) is 0 Å². The molecule has 5 heteroatoms. The maximum absolute atomic E-state index is 12.2. The molecule has 1 saturated heterocycles. The van der Waals surface area contributed by atoms with E-state index in [4.69, 9.17) is 0 Å². The minimum atomic E-state index is -0.406. The fourth-order valence-corrected chi connectivity index (χ4v) is 3.36. The third kappa shape index (κ3) is 4.43. The summed E-state index contributed by atoms with van der Waals surface area (Å²) in [7, 11) is 0. The minimum Gasteiger partial charge on any atom is -0.393 e. The number of carbonyl (C=O) groups is 2. The van der Waals surface area contributed by atoms with Crippen molar-refractivity contribution in [2.45, 2.75) is 64.5 Å². The van der Waals surface area contributed by atoms with Gasteiger partial charge in [-0.05, 0) is 44.9 Å². The van der Waals surface area contributed by atoms with Gasteiger partial charge in [0.25, 0.3) is 0 Å². The zero-order chi connectivity index (χ0) is 15.4. The van der Waals surface area contributed by atoms with Crippen LogP contribution in [0.3, 0.4) is 0 Å². The fourth-order valence-electron chi connectivity index (χ4n) is 3.36. The molecule has 2 atom stereocenters. The Morgan fingerprint density at radius 3 is 2.67 bits per heavy atom. The molecular formula is C16H28N2O3. The predicted molar refractivity (Wildman–Crippen MR) is 80.5 cm³/mol. The normalized spacial score (nSPS) is 31.3. The summed E-state index contributed by atoms with van der Waals surface area (Å²) in [6, 6.07) is 0.337. The summed E-state index contributed by atoms with van der Waals surface area (Å²) >= 11 is 0. The Morgan fingerprint density at radius 1 is 1.38 bits per heavy atom. The highest BCUT2D eigenvalue weighted by Crippen LogP contribution is 2.31. The molecule has 2 N–H and O–H groups in total. The number of likely N-dealkylation sites (tertiary alicyclic amines) is 1. The monoisotopic (exact) mass is 296 g/mol. The second kappa shape index (κ2) is 7.25. The van der Waals surface area contributed by atoms with Gasteiger partial charge in [-0.1, -0.05) is 6.92 Å². The molecule has 1 aliphatic heterocycles. The zero-order valence-corrected chi connectivity index (χ0v) is 13.2. The molecule has 1 heterocycles. The number of hydrogen-bond acceptors (Lipinski definition) is 3. The quantitative estimate of drug-likeness (QED) is 0.803. The lowest BCUT2D eigenvalue weighted by atomic mass is 9.87. The lowest BCUT2D eigenvalue weighted by Gasteiger charge is -2.33. The van der Waals surface area contributed by atoms with Crippen molar-refractivity contribution in [2.75, 3.05) is 13.1 Å². The molecular weight excluding hydrogens is 268 g/mol. The smallest absolute Gasteiger partial charge is 0.225 e. The molecule has 2 amide bonds. The Bertz CT molecular complexity index is 376. The van der Waals surface area contributed by atoms with Gasteiger partial charge < -0.3 is 15.3 Å². The Balaban J connectivity index is 1.80. The largest absolute Gasteiger partial charge is 0.393 e. The number of aliphatic hydroxyl groups excluding tert-OH is 1. The molecule has 0 spiro atoms. The van der Waals surface area contributed by atoms with Crippen LogP contribution in [0.25, 0.3) is 0 Å². The number of amides is 2. The molecule has 1 saturated carbocycles. The third-order valence-electron chi connectivity index (χ3n) is 4.82. The van der Waals surface area contributed by atoms with Crippen LogP contribution in [0, 0.1) is 11.8 Å². The van der Waals surface area contributed by atoms with E-state index in [1.165, 1.54) is 12.8 Å². The zero-order valence-electron chi connectivity index (χ0n) is 13.2. The van der Waals surface area contributed by atoms with Crippen LogP contribution < -0.4 is 5.32 Å². The molecule has 21 heavy (non-hydrogen) atoms. The summed E-state index contributed by atoms with van der Waals surface area (Å²) < 4.78 is 0. The highest BCUT2D eigenvalue weighted by molar-refractivity contribution is 5.89. The summed E-state index contributed by atoms with van der Waals surface area (Å²) in [5.41, 5.74) is 0. The maximum Gasteiger partial charge on any atom is 0.225 e. The molecule has 0 radical (unpaired) electrons. The standard InChI is InChI=1S/C16H28N2O3/c1-11-3-5-14(6-4-11)18-10-13(9-15(18)20)16(21)17-8-7-12(2)19/h11-14,19H,3-10H2,1-2H3,(H,17,21). The van der Waals surface area contributed by atoms with E-state index in [9.17, 15) is 14.7 Å². The Hall–Kier alpha value is -1.10. The van der Waals surface area contributed by atoms with Crippen LogP contribution in [-0.4, -0.2) is 47.1 Å². The van der Waals surface area contributed by atoms with Crippen LogP contribution in [0.2, 0.25) is 0 Å². The minimum absolute atomic E-state index is 0.0457. The van der Waals surface area contributed by atoms with Gasteiger partial charge in [0.1, 0.15) is 0 Å². The summed E-state index contributed by atoms with van der Waals surface area (Å²) in [4.78, 5) is 26.2. The molecule has 2 rings (SSSR count). The van der Waals surface area contributed by atoms with Gasteiger partial charge in [-0.25, -0.2) is 0 Å². The van der Waals surface area contributed by atoms with E-state index in [1.807, 2.05) is 4.90 Å². The van der Waals surface area contributed by atoms with E-state index in [0.717, 1.165) is 18.8 Å². The average Bonchev–Trinajstić information content (AvgIpc) is 2.81. The van der Waals surface area contributed by atoms with E-state index < -0.39 is 6.10 Å². The summed E-state index contributed by atoms with van der Waals surface area (Å²) in [6.45, 7) is 5.01. The first-order valence-electron chi connectivity index (χ1n) is 8.22. The van der Waals surface area contributed by atoms with Crippen molar-refractivity contribution >= 4 is 11.8 Å². The molecule has 2 aliphatic rings. The average molecular weight is 296 g/mol. The topological polar surface area (TPSA) is 69.6 Å². The van der Waals surface area contributed by atoms with Crippen molar-refractivity contribution in [2.24, 2.45) is 11.8 Å². The number of hydrogen-bond donors (Lipinski definition) is 2. The second-order valence-corrected chi connectivity index (χ2v) is 6.79. The number of nitrogens with one attached hydrogen (secondary N) is 1. The van der Waals surface area contributed by atoms with Gasteiger partial charge in [0.15, 0.2) is 0 Å². The van der Waals surface area contributed by atoms with Crippen LogP contribution >= 0.6 is 0 Å². The fraction of sp³-hybridized carbons (Fsp3) is 0.875. The van der Waals surface area contributed by atoms with Crippen molar-refractivity contribution in [1.29, 1.82) is 0 Å². The first-order chi connectivity index (χ1) is 9.97. The first kappa shape index (κ1) is 16.3.